The fraction of sp³-hybridized carbons (Fsp3) is 0.158. The van der Waals surface area contributed by atoms with Gasteiger partial charge in [-0.25, -0.2) is 13.8 Å². The monoisotopic (exact) mass is 360 g/mol. The van der Waals surface area contributed by atoms with Crippen molar-refractivity contribution in [2.24, 2.45) is 0 Å². The van der Waals surface area contributed by atoms with Crippen LogP contribution in [0.4, 0.5) is 14.6 Å². The first-order chi connectivity index (χ1) is 12.4. The molecule has 0 spiro atoms. The molecule has 1 aromatic carbocycles. The van der Waals surface area contributed by atoms with E-state index in [0.29, 0.717) is 11.4 Å². The van der Waals surface area contributed by atoms with E-state index in [4.69, 9.17) is 9.47 Å². The number of nitrogens with zero attached hydrogens (tertiary/aromatic N) is 2. The lowest BCUT2D eigenvalue weighted by atomic mass is 10.1. The number of anilines is 1. The standard InChI is InChI=1S/C19H18F2N2O3/c1-5-17(24)23(2)16-9-7-12(11-22-16)6-8-13-18(20)14(25-3)10-15(26-4)19(13)21/h5-11H,1H2,2-4H3/b8-6+. The van der Waals surface area contributed by atoms with Crippen LogP contribution < -0.4 is 14.4 Å². The molecule has 0 radical (unpaired) electrons. The molecule has 0 aliphatic heterocycles. The molecule has 0 N–H and O–H groups in total. The van der Waals surface area contributed by atoms with Crippen LogP contribution in [0.15, 0.2) is 37.1 Å². The number of methoxy groups -OCH3 is 2. The van der Waals surface area contributed by atoms with Gasteiger partial charge in [0.2, 0.25) is 0 Å². The fourth-order valence-corrected chi connectivity index (χ4v) is 2.17. The van der Waals surface area contributed by atoms with E-state index >= 15 is 0 Å². The minimum absolute atomic E-state index is 0.124. The molecule has 5 nitrogen and oxygen atoms in total. The summed E-state index contributed by atoms with van der Waals surface area (Å²) >= 11 is 0. The van der Waals surface area contributed by atoms with Crippen molar-refractivity contribution in [3.63, 3.8) is 0 Å². The summed E-state index contributed by atoms with van der Waals surface area (Å²) in [5, 5.41) is 0. The number of halogens is 2. The lowest BCUT2D eigenvalue weighted by Gasteiger charge is -2.13. The minimum Gasteiger partial charge on any atom is -0.494 e. The highest BCUT2D eigenvalue weighted by Gasteiger charge is 2.18. The number of hydrogen-bond donors (Lipinski definition) is 0. The molecule has 0 aliphatic rings. The predicted molar refractivity (Wildman–Crippen MR) is 96.2 cm³/mol. The average Bonchev–Trinajstić information content (AvgIpc) is 2.67. The second kappa shape index (κ2) is 8.24. The van der Waals surface area contributed by atoms with Gasteiger partial charge in [0.05, 0.1) is 19.8 Å². The number of likely N-dealkylation sites (N-methyl/N-ethyl adjacent to an activating group) is 1. The maximum Gasteiger partial charge on any atom is 0.251 e. The van der Waals surface area contributed by atoms with Gasteiger partial charge in [0.15, 0.2) is 23.1 Å². The van der Waals surface area contributed by atoms with Crippen LogP contribution in [0, 0.1) is 11.6 Å². The second-order valence-electron chi connectivity index (χ2n) is 5.21. The van der Waals surface area contributed by atoms with E-state index in [2.05, 4.69) is 11.6 Å². The molecule has 0 unspecified atom stereocenters. The molecule has 1 amide bonds. The van der Waals surface area contributed by atoms with Gasteiger partial charge in [-0.3, -0.25) is 9.69 Å². The normalized spacial score (nSPS) is 10.7. The quantitative estimate of drug-likeness (QED) is 0.737. The van der Waals surface area contributed by atoms with Crippen molar-refractivity contribution < 1.29 is 23.0 Å². The number of carbonyl (C=O) groups is 1. The first-order valence-electron chi connectivity index (χ1n) is 7.57. The van der Waals surface area contributed by atoms with Crippen LogP contribution in [0.1, 0.15) is 11.1 Å². The Balaban J connectivity index is 2.33. The van der Waals surface area contributed by atoms with Crippen molar-refractivity contribution in [2.75, 3.05) is 26.2 Å². The lowest BCUT2D eigenvalue weighted by Crippen LogP contribution is -2.24. The Hall–Kier alpha value is -3.22. The minimum atomic E-state index is -0.831. The zero-order chi connectivity index (χ0) is 19.3. The second-order valence-corrected chi connectivity index (χ2v) is 5.21. The zero-order valence-corrected chi connectivity index (χ0v) is 14.6. The van der Waals surface area contributed by atoms with Crippen molar-refractivity contribution in [2.45, 2.75) is 0 Å². The van der Waals surface area contributed by atoms with Gasteiger partial charge in [-0.1, -0.05) is 12.7 Å². The van der Waals surface area contributed by atoms with E-state index in [1.807, 2.05) is 0 Å². The van der Waals surface area contributed by atoms with Gasteiger partial charge in [0.1, 0.15) is 5.82 Å². The average molecular weight is 360 g/mol. The molecule has 1 heterocycles. The van der Waals surface area contributed by atoms with Gasteiger partial charge >= 0.3 is 0 Å². The van der Waals surface area contributed by atoms with Crippen LogP contribution in [-0.2, 0) is 4.79 Å². The summed E-state index contributed by atoms with van der Waals surface area (Å²) in [4.78, 5) is 17.0. The number of ether oxygens (including phenoxy) is 2. The molecule has 0 saturated heterocycles. The lowest BCUT2D eigenvalue weighted by molar-refractivity contribution is -0.113. The Bertz CT molecular complexity index is 821. The summed E-state index contributed by atoms with van der Waals surface area (Å²) in [7, 11) is 4.13. The van der Waals surface area contributed by atoms with E-state index in [9.17, 15) is 13.6 Å². The van der Waals surface area contributed by atoms with Gasteiger partial charge in [0.25, 0.3) is 5.91 Å². The maximum absolute atomic E-state index is 14.3. The highest BCUT2D eigenvalue weighted by molar-refractivity contribution is 5.99. The maximum atomic E-state index is 14.3. The number of rotatable bonds is 6. The molecule has 0 atom stereocenters. The van der Waals surface area contributed by atoms with Gasteiger partial charge in [0, 0.05) is 19.3 Å². The molecule has 0 bridgehead atoms. The molecule has 0 saturated carbocycles. The van der Waals surface area contributed by atoms with Gasteiger partial charge in [-0.05, 0) is 29.8 Å². The molecule has 2 aromatic rings. The first-order valence-corrected chi connectivity index (χ1v) is 7.57. The summed E-state index contributed by atoms with van der Waals surface area (Å²) in [6, 6.07) is 4.42. The van der Waals surface area contributed by atoms with E-state index in [1.54, 1.807) is 19.2 Å². The van der Waals surface area contributed by atoms with Crippen molar-refractivity contribution >= 4 is 23.9 Å². The highest BCUT2D eigenvalue weighted by atomic mass is 19.1. The smallest absolute Gasteiger partial charge is 0.251 e. The largest absolute Gasteiger partial charge is 0.494 e. The number of aromatic nitrogens is 1. The van der Waals surface area contributed by atoms with Crippen molar-refractivity contribution in [3.8, 4) is 11.5 Å². The third-order valence-electron chi connectivity index (χ3n) is 3.67. The summed E-state index contributed by atoms with van der Waals surface area (Å²) < 4.78 is 38.4. The molecule has 0 fully saturated rings. The molecule has 136 valence electrons. The molecular formula is C19H18F2N2O3. The summed E-state index contributed by atoms with van der Waals surface area (Å²) in [6.45, 7) is 3.41. The van der Waals surface area contributed by atoms with Gasteiger partial charge < -0.3 is 9.47 Å². The Kier molecular flexibility index (Phi) is 6.06. The number of carbonyl (C=O) groups excluding carboxylic acids is 1. The van der Waals surface area contributed by atoms with Crippen molar-refractivity contribution in [1.29, 1.82) is 0 Å². The Morgan fingerprint density at radius 3 is 2.23 bits per heavy atom. The molecular weight excluding hydrogens is 342 g/mol. The van der Waals surface area contributed by atoms with Crippen LogP contribution in [0.2, 0.25) is 0 Å². The van der Waals surface area contributed by atoms with Crippen LogP contribution >= 0.6 is 0 Å². The Morgan fingerprint density at radius 1 is 1.15 bits per heavy atom. The van der Waals surface area contributed by atoms with Crippen LogP contribution in [0.3, 0.4) is 0 Å². The number of amides is 1. The van der Waals surface area contributed by atoms with E-state index < -0.39 is 11.6 Å². The SMILES string of the molecule is C=CC(=O)N(C)c1ccc(/C=C/c2c(F)c(OC)cc(OC)c2F)cn1. The van der Waals surface area contributed by atoms with E-state index in [-0.39, 0.29) is 23.0 Å². The van der Waals surface area contributed by atoms with Gasteiger partial charge in [-0.2, -0.15) is 0 Å². The Morgan fingerprint density at radius 2 is 1.77 bits per heavy atom. The Labute approximate surface area is 150 Å². The van der Waals surface area contributed by atoms with Gasteiger partial charge in [-0.15, -0.1) is 0 Å². The predicted octanol–water partition coefficient (Wildman–Crippen LogP) is 3.70. The number of hydrogen-bond acceptors (Lipinski definition) is 4. The first kappa shape index (κ1) is 19.1. The van der Waals surface area contributed by atoms with E-state index in [1.165, 1.54) is 43.5 Å². The summed E-state index contributed by atoms with van der Waals surface area (Å²) in [6.07, 6.45) is 5.42. The van der Waals surface area contributed by atoms with Crippen LogP contribution in [0.5, 0.6) is 11.5 Å². The molecule has 1 aromatic heterocycles. The third-order valence-corrected chi connectivity index (χ3v) is 3.67. The summed E-state index contributed by atoms with van der Waals surface area (Å²) in [5.74, 6) is -1.78. The molecule has 26 heavy (non-hydrogen) atoms. The third kappa shape index (κ3) is 3.88. The molecule has 7 heteroatoms. The number of pyridine rings is 1. The number of benzene rings is 1. The molecule has 0 aliphatic carbocycles. The summed E-state index contributed by atoms with van der Waals surface area (Å²) in [5.41, 5.74) is 0.304. The van der Waals surface area contributed by atoms with E-state index in [0.717, 1.165) is 6.07 Å². The topological polar surface area (TPSA) is 51.7 Å². The van der Waals surface area contributed by atoms with Crippen LogP contribution in [0.25, 0.3) is 12.2 Å². The fourth-order valence-electron chi connectivity index (χ4n) is 2.17. The molecule has 2 rings (SSSR count). The zero-order valence-electron chi connectivity index (χ0n) is 14.6. The highest BCUT2D eigenvalue weighted by Crippen LogP contribution is 2.32. The van der Waals surface area contributed by atoms with Crippen molar-refractivity contribution in [3.05, 3.63) is 59.8 Å². The van der Waals surface area contributed by atoms with Crippen LogP contribution in [-0.4, -0.2) is 32.2 Å². The van der Waals surface area contributed by atoms with Crippen molar-refractivity contribution in [1.82, 2.24) is 4.98 Å².